The molecule has 0 radical (unpaired) electrons. The van der Waals surface area contributed by atoms with Crippen molar-refractivity contribution in [1.82, 2.24) is 20.2 Å². The van der Waals surface area contributed by atoms with Crippen LogP contribution in [0.2, 0.25) is 0 Å². The Morgan fingerprint density at radius 3 is 2.59 bits per heavy atom. The number of carbonyl (C=O) groups is 1. The molecule has 0 aliphatic carbocycles. The molecule has 2 saturated heterocycles. The molecule has 6 nitrogen and oxygen atoms in total. The monoisotopic (exact) mass is 441 g/mol. The molecule has 1 aromatic carbocycles. The van der Waals surface area contributed by atoms with E-state index in [1.807, 2.05) is 5.01 Å². The van der Waals surface area contributed by atoms with Crippen LogP contribution in [0.4, 0.5) is 8.78 Å². The molecule has 4 aliphatic rings. The number of piperidine rings is 1. The number of amidine groups is 1. The summed E-state index contributed by atoms with van der Waals surface area (Å²) in [6.45, 7) is 6.13. The number of carbonyl (C=O) groups excluding carboxylic acids is 1. The van der Waals surface area contributed by atoms with Gasteiger partial charge in [0.15, 0.2) is 11.6 Å². The first-order valence-corrected chi connectivity index (χ1v) is 11.5. The van der Waals surface area contributed by atoms with Gasteiger partial charge in [0, 0.05) is 31.4 Å². The van der Waals surface area contributed by atoms with E-state index in [2.05, 4.69) is 29.5 Å². The van der Waals surface area contributed by atoms with E-state index in [1.165, 1.54) is 31.9 Å². The van der Waals surface area contributed by atoms with Crippen LogP contribution in [0.25, 0.3) is 0 Å². The van der Waals surface area contributed by atoms with Crippen LogP contribution >= 0.6 is 0 Å². The smallest absolute Gasteiger partial charge is 0.257 e. The van der Waals surface area contributed by atoms with Crippen LogP contribution < -0.4 is 5.43 Å². The molecule has 1 N–H and O–H groups in total. The first-order chi connectivity index (χ1) is 15.4. The molecule has 32 heavy (non-hydrogen) atoms. The quantitative estimate of drug-likeness (QED) is 0.760. The van der Waals surface area contributed by atoms with Crippen molar-refractivity contribution in [1.29, 1.82) is 0 Å². The maximum atomic E-state index is 14.6. The summed E-state index contributed by atoms with van der Waals surface area (Å²) in [5.41, 5.74) is 4.55. The van der Waals surface area contributed by atoms with Gasteiger partial charge < -0.3 is 9.80 Å². The van der Waals surface area contributed by atoms with Crippen molar-refractivity contribution >= 4 is 11.7 Å². The lowest BCUT2D eigenvalue weighted by Crippen LogP contribution is -2.54. The fourth-order valence-corrected chi connectivity index (χ4v) is 5.14. The third-order valence-corrected chi connectivity index (χ3v) is 6.90. The minimum Gasteiger partial charge on any atom is -0.356 e. The molecule has 0 aromatic heterocycles. The number of benzene rings is 1. The lowest BCUT2D eigenvalue weighted by molar-refractivity contribution is 0.0555. The molecule has 4 aliphatic heterocycles. The topological polar surface area (TPSA) is 51.2 Å². The van der Waals surface area contributed by atoms with Crippen LogP contribution in [0.15, 0.2) is 40.8 Å². The normalized spacial score (nSPS) is 25.5. The first kappa shape index (κ1) is 21.1. The second kappa shape index (κ2) is 8.31. The Hall–Kier alpha value is -2.74. The highest BCUT2D eigenvalue weighted by Gasteiger charge is 2.38. The van der Waals surface area contributed by atoms with E-state index in [1.54, 1.807) is 4.90 Å². The van der Waals surface area contributed by atoms with Crippen molar-refractivity contribution in [2.24, 2.45) is 4.99 Å². The molecule has 8 heteroatoms. The molecule has 0 bridgehead atoms. The van der Waals surface area contributed by atoms with Crippen molar-refractivity contribution in [3.63, 3.8) is 0 Å². The van der Waals surface area contributed by atoms with Crippen molar-refractivity contribution in [2.45, 2.75) is 58.0 Å². The van der Waals surface area contributed by atoms with Gasteiger partial charge in [-0.3, -0.25) is 9.80 Å². The van der Waals surface area contributed by atoms with Crippen LogP contribution in [0, 0.1) is 18.6 Å². The highest BCUT2D eigenvalue weighted by molar-refractivity contribution is 5.99. The number of halogens is 2. The Balaban J connectivity index is 1.40. The molecule has 0 saturated carbocycles. The van der Waals surface area contributed by atoms with Crippen LogP contribution in [-0.2, 0) is 0 Å². The second-order valence-electron chi connectivity index (χ2n) is 9.11. The summed E-state index contributed by atoms with van der Waals surface area (Å²) in [5, 5.41) is 1.92. The molecule has 5 rings (SSSR count). The maximum absolute atomic E-state index is 14.6. The number of hydrogen-bond donors (Lipinski definition) is 1. The fraction of sp³-hybridized carbons (Fsp3) is 0.500. The summed E-state index contributed by atoms with van der Waals surface area (Å²) < 4.78 is 28.7. The zero-order valence-corrected chi connectivity index (χ0v) is 18.6. The van der Waals surface area contributed by atoms with Gasteiger partial charge in [0.2, 0.25) is 0 Å². The summed E-state index contributed by atoms with van der Waals surface area (Å²) >= 11 is 0. The number of amides is 1. The first-order valence-electron chi connectivity index (χ1n) is 11.5. The average molecular weight is 442 g/mol. The lowest BCUT2D eigenvalue weighted by atomic mass is 9.94. The van der Waals surface area contributed by atoms with E-state index < -0.39 is 17.5 Å². The van der Waals surface area contributed by atoms with Crippen LogP contribution in [-0.4, -0.2) is 58.3 Å². The largest absolute Gasteiger partial charge is 0.356 e. The van der Waals surface area contributed by atoms with Gasteiger partial charge in [-0.05, 0) is 63.7 Å². The van der Waals surface area contributed by atoms with E-state index >= 15 is 0 Å². The van der Waals surface area contributed by atoms with Crippen molar-refractivity contribution in [3.05, 3.63) is 58.6 Å². The zero-order chi connectivity index (χ0) is 22.4. The van der Waals surface area contributed by atoms with E-state index in [0.717, 1.165) is 49.6 Å². The van der Waals surface area contributed by atoms with Crippen molar-refractivity contribution < 1.29 is 13.6 Å². The number of fused-ring (bicyclic) bond motifs is 1. The van der Waals surface area contributed by atoms with Gasteiger partial charge in [-0.2, -0.15) is 0 Å². The highest BCUT2D eigenvalue weighted by atomic mass is 19.2. The number of nitrogens with zero attached hydrogens (tertiary/aromatic N) is 4. The van der Waals surface area contributed by atoms with Gasteiger partial charge in [0.05, 0.1) is 17.6 Å². The Morgan fingerprint density at radius 1 is 1.06 bits per heavy atom. The summed E-state index contributed by atoms with van der Waals surface area (Å²) in [4.78, 5) is 22.2. The highest BCUT2D eigenvalue weighted by Crippen LogP contribution is 2.30. The van der Waals surface area contributed by atoms with Crippen LogP contribution in [0.1, 0.15) is 54.9 Å². The van der Waals surface area contributed by atoms with Crippen molar-refractivity contribution in [2.75, 3.05) is 19.6 Å². The standard InChI is InChI=1S/C24H29F2N5O/c1-15-8-9-17(22(26)21(15)25)24(32)30-12-4-3-7-19(30)18-13-20-27-23(29-10-5-6-11-29)16(2)14-31(20)28-18/h8-9,13-14,18-19,28H,3-7,10-12H2,1-2H3. The molecule has 170 valence electrons. The van der Waals surface area contributed by atoms with E-state index in [4.69, 9.17) is 4.99 Å². The molecule has 2 atom stereocenters. The molecule has 4 heterocycles. The number of aryl methyl sites for hydroxylation is 1. The number of nitrogens with one attached hydrogen (secondary N) is 1. The van der Waals surface area contributed by atoms with Crippen LogP contribution in [0.5, 0.6) is 0 Å². The molecule has 0 spiro atoms. The molecular weight excluding hydrogens is 412 g/mol. The summed E-state index contributed by atoms with van der Waals surface area (Å²) in [6, 6.07) is 2.56. The van der Waals surface area contributed by atoms with Gasteiger partial charge in [-0.25, -0.2) is 19.2 Å². The SMILES string of the molecule is CC1=CN2NC(C3CCCCN3C(=O)c3ccc(C)c(F)c3F)C=C2N=C1N1CCCC1. The number of hydrogen-bond acceptors (Lipinski definition) is 5. The van der Waals surface area contributed by atoms with E-state index in [9.17, 15) is 13.6 Å². The van der Waals surface area contributed by atoms with Gasteiger partial charge >= 0.3 is 0 Å². The molecular formula is C24H29F2N5O. The number of rotatable bonds is 2. The Kier molecular flexibility index (Phi) is 5.49. The second-order valence-corrected chi connectivity index (χ2v) is 9.11. The molecule has 1 aromatic rings. The minimum absolute atomic E-state index is 0.140. The van der Waals surface area contributed by atoms with Gasteiger partial charge in [0.1, 0.15) is 11.7 Å². The molecule has 2 unspecified atom stereocenters. The zero-order valence-electron chi connectivity index (χ0n) is 18.6. The molecule has 2 fully saturated rings. The Morgan fingerprint density at radius 2 is 1.81 bits per heavy atom. The lowest BCUT2D eigenvalue weighted by Gasteiger charge is -2.39. The average Bonchev–Trinajstić information content (AvgIpc) is 3.46. The third kappa shape index (κ3) is 3.60. The predicted molar refractivity (Wildman–Crippen MR) is 119 cm³/mol. The predicted octanol–water partition coefficient (Wildman–Crippen LogP) is 3.71. The third-order valence-electron chi connectivity index (χ3n) is 6.90. The number of aliphatic imine (C=N–C) groups is 1. The number of likely N-dealkylation sites (tertiary alicyclic amines) is 2. The van der Waals surface area contributed by atoms with Gasteiger partial charge in [0.25, 0.3) is 5.91 Å². The van der Waals surface area contributed by atoms with Gasteiger partial charge in [-0.15, -0.1) is 0 Å². The van der Waals surface area contributed by atoms with Crippen LogP contribution in [0.3, 0.4) is 0 Å². The fourth-order valence-electron chi connectivity index (χ4n) is 5.14. The summed E-state index contributed by atoms with van der Waals surface area (Å²) in [7, 11) is 0. The van der Waals surface area contributed by atoms with E-state index in [-0.39, 0.29) is 23.2 Å². The van der Waals surface area contributed by atoms with Crippen molar-refractivity contribution in [3.8, 4) is 0 Å². The summed E-state index contributed by atoms with van der Waals surface area (Å²) in [5.74, 6) is -0.627. The minimum atomic E-state index is -1.06. The maximum Gasteiger partial charge on any atom is 0.257 e. The Labute approximate surface area is 187 Å². The van der Waals surface area contributed by atoms with Gasteiger partial charge in [-0.1, -0.05) is 6.07 Å². The summed E-state index contributed by atoms with van der Waals surface area (Å²) in [6.07, 6.45) is 9.11. The number of hydrazine groups is 1. The Bertz CT molecular complexity index is 1030. The molecule has 1 amide bonds. The van der Waals surface area contributed by atoms with E-state index in [0.29, 0.717) is 6.54 Å².